The first-order valence-electron chi connectivity index (χ1n) is 9.90. The van der Waals surface area contributed by atoms with Gasteiger partial charge in [0.2, 0.25) is 5.95 Å². The predicted molar refractivity (Wildman–Crippen MR) is 109 cm³/mol. The maximum atomic E-state index is 10.2. The Morgan fingerprint density at radius 2 is 2.15 bits per heavy atom. The van der Waals surface area contributed by atoms with Crippen molar-refractivity contribution in [2.75, 3.05) is 42.8 Å². The van der Waals surface area contributed by atoms with Crippen LogP contribution in [0.3, 0.4) is 0 Å². The second-order valence-corrected chi connectivity index (χ2v) is 8.43. The number of aliphatic hydroxyl groups excluding tert-OH is 1. The van der Waals surface area contributed by atoms with Crippen molar-refractivity contribution in [1.82, 2.24) is 9.97 Å². The summed E-state index contributed by atoms with van der Waals surface area (Å²) in [7, 11) is 3.99. The van der Waals surface area contributed by atoms with Crippen LogP contribution in [0.1, 0.15) is 46.0 Å². The number of rotatable bonds is 7. The Bertz CT molecular complexity index is 674. The molecule has 2 atom stereocenters. The maximum Gasteiger partial charge on any atom is 0.224 e. The van der Waals surface area contributed by atoms with Crippen LogP contribution >= 0.6 is 0 Å². The minimum Gasteiger partial charge on any atom is -0.498 e. The fourth-order valence-electron chi connectivity index (χ4n) is 3.77. The number of aromatic nitrogens is 2. The molecule has 1 aliphatic carbocycles. The van der Waals surface area contributed by atoms with E-state index in [9.17, 15) is 5.11 Å². The fraction of sp³-hybridized carbons (Fsp3) is 0.700. The molecule has 27 heavy (non-hydrogen) atoms. The molecular formula is C20H33N5O2. The van der Waals surface area contributed by atoms with Crippen LogP contribution in [-0.4, -0.2) is 54.5 Å². The Labute approximate surface area is 162 Å². The van der Waals surface area contributed by atoms with Gasteiger partial charge in [0, 0.05) is 39.5 Å². The molecule has 0 unspecified atom stereocenters. The fourth-order valence-corrected chi connectivity index (χ4v) is 3.77. The van der Waals surface area contributed by atoms with Gasteiger partial charge in [-0.3, -0.25) is 0 Å². The zero-order chi connectivity index (χ0) is 19.4. The summed E-state index contributed by atoms with van der Waals surface area (Å²) in [4.78, 5) is 11.2. The van der Waals surface area contributed by atoms with Crippen molar-refractivity contribution in [2.24, 2.45) is 5.41 Å². The number of anilines is 3. The van der Waals surface area contributed by atoms with E-state index in [4.69, 9.17) is 9.72 Å². The van der Waals surface area contributed by atoms with E-state index in [0.29, 0.717) is 12.0 Å². The molecule has 1 fully saturated rings. The van der Waals surface area contributed by atoms with Gasteiger partial charge in [0.05, 0.1) is 30.4 Å². The molecule has 7 nitrogen and oxygen atoms in total. The number of hydrogen-bond acceptors (Lipinski definition) is 7. The third kappa shape index (κ3) is 5.03. The number of aliphatic hydroxyl groups is 1. The van der Waals surface area contributed by atoms with Gasteiger partial charge in [-0.15, -0.1) is 0 Å². The third-order valence-corrected chi connectivity index (χ3v) is 5.49. The van der Waals surface area contributed by atoms with Crippen molar-refractivity contribution in [3.8, 4) is 0 Å². The van der Waals surface area contributed by atoms with Gasteiger partial charge in [-0.05, 0) is 30.8 Å². The molecule has 0 aromatic carbocycles. The molecule has 2 heterocycles. The second-order valence-electron chi connectivity index (χ2n) is 8.43. The van der Waals surface area contributed by atoms with Gasteiger partial charge in [-0.1, -0.05) is 13.8 Å². The molecule has 1 aromatic rings. The molecule has 0 saturated heterocycles. The first-order valence-corrected chi connectivity index (χ1v) is 9.90. The highest BCUT2D eigenvalue weighted by molar-refractivity contribution is 5.66. The molecule has 1 saturated carbocycles. The van der Waals surface area contributed by atoms with Gasteiger partial charge < -0.3 is 25.4 Å². The first kappa shape index (κ1) is 19.7. The van der Waals surface area contributed by atoms with E-state index in [1.54, 1.807) is 0 Å². The van der Waals surface area contributed by atoms with Crippen molar-refractivity contribution in [2.45, 2.75) is 58.1 Å². The van der Waals surface area contributed by atoms with Gasteiger partial charge in [-0.25, -0.2) is 4.98 Å². The van der Waals surface area contributed by atoms with Gasteiger partial charge in [0.15, 0.2) is 5.82 Å². The average Bonchev–Trinajstić information content (AvgIpc) is 3.11. The number of hydrogen-bond donors (Lipinski definition) is 3. The molecule has 2 aliphatic rings. The summed E-state index contributed by atoms with van der Waals surface area (Å²) in [6.07, 6.45) is 8.27. The molecule has 150 valence electrons. The van der Waals surface area contributed by atoms with E-state index in [-0.39, 0.29) is 11.5 Å². The first-order chi connectivity index (χ1) is 12.8. The summed E-state index contributed by atoms with van der Waals surface area (Å²) >= 11 is 0. The van der Waals surface area contributed by atoms with Crippen LogP contribution in [0.15, 0.2) is 18.0 Å². The van der Waals surface area contributed by atoms with Crippen LogP contribution in [-0.2, 0) is 4.74 Å². The van der Waals surface area contributed by atoms with Crippen LogP contribution < -0.4 is 15.5 Å². The van der Waals surface area contributed by atoms with E-state index >= 15 is 0 Å². The van der Waals surface area contributed by atoms with E-state index in [0.717, 1.165) is 62.5 Å². The zero-order valence-electron chi connectivity index (χ0n) is 17.0. The van der Waals surface area contributed by atoms with E-state index in [2.05, 4.69) is 35.5 Å². The minimum absolute atomic E-state index is 0.0860. The van der Waals surface area contributed by atoms with Gasteiger partial charge in [-0.2, -0.15) is 4.98 Å². The normalized spacial score (nSPS) is 24.1. The van der Waals surface area contributed by atoms with Crippen LogP contribution in [0, 0.1) is 5.41 Å². The summed E-state index contributed by atoms with van der Waals surface area (Å²) in [6.45, 7) is 5.80. The lowest BCUT2D eigenvalue weighted by atomic mass is 9.73. The summed E-state index contributed by atoms with van der Waals surface area (Å²) in [5.74, 6) is 2.51. The van der Waals surface area contributed by atoms with Gasteiger partial charge in [0.25, 0.3) is 0 Å². The Kier molecular flexibility index (Phi) is 6.09. The Hall–Kier alpha value is -2.02. The standard InChI is InChI=1S/C20H33N5O2/c1-20(2)12-14(7-8-17(20)26)23-18-16(25(3)4)13-22-19(24-18)21-10-9-15-6-5-11-27-15/h6,13-14,17,26H,5,7-12H2,1-4H3,(H2,21,22,23,24)/t14-,17+/m1/s1. The Morgan fingerprint density at radius 3 is 2.81 bits per heavy atom. The highest BCUT2D eigenvalue weighted by Gasteiger charge is 2.36. The number of ether oxygens (including phenoxy) is 1. The van der Waals surface area contributed by atoms with E-state index in [1.807, 2.05) is 25.2 Å². The average molecular weight is 376 g/mol. The number of nitrogens with one attached hydrogen (secondary N) is 2. The molecule has 0 amide bonds. The van der Waals surface area contributed by atoms with E-state index < -0.39 is 0 Å². The smallest absolute Gasteiger partial charge is 0.224 e. The van der Waals surface area contributed by atoms with Gasteiger partial charge >= 0.3 is 0 Å². The van der Waals surface area contributed by atoms with Crippen LogP contribution in [0.25, 0.3) is 0 Å². The Balaban J connectivity index is 1.66. The lowest BCUT2D eigenvalue weighted by Crippen LogP contribution is -2.41. The van der Waals surface area contributed by atoms with Crippen molar-refractivity contribution >= 4 is 17.5 Å². The maximum absolute atomic E-state index is 10.2. The summed E-state index contributed by atoms with van der Waals surface area (Å²) in [5.41, 5.74) is 0.878. The SMILES string of the molecule is CN(C)c1cnc(NCCC2=CCCO2)nc1N[C@@H]1CC[C@H](O)C(C)(C)C1. The molecule has 1 aliphatic heterocycles. The second kappa shape index (κ2) is 8.33. The lowest BCUT2D eigenvalue weighted by molar-refractivity contribution is 0.00927. The monoisotopic (exact) mass is 375 g/mol. The topological polar surface area (TPSA) is 82.5 Å². The number of nitrogens with zero attached hydrogens (tertiary/aromatic N) is 3. The summed E-state index contributed by atoms with van der Waals surface area (Å²) in [6, 6.07) is 0.293. The molecule has 0 radical (unpaired) electrons. The highest BCUT2D eigenvalue weighted by Crippen LogP contribution is 2.37. The van der Waals surface area contributed by atoms with Crippen molar-refractivity contribution < 1.29 is 9.84 Å². The summed E-state index contributed by atoms with van der Waals surface area (Å²) < 4.78 is 5.53. The highest BCUT2D eigenvalue weighted by atomic mass is 16.5. The molecule has 3 N–H and O–H groups in total. The lowest BCUT2D eigenvalue weighted by Gasteiger charge is -2.40. The zero-order valence-corrected chi connectivity index (χ0v) is 17.0. The Morgan fingerprint density at radius 1 is 1.33 bits per heavy atom. The molecule has 0 bridgehead atoms. The minimum atomic E-state index is -0.237. The van der Waals surface area contributed by atoms with Crippen LogP contribution in [0.4, 0.5) is 17.5 Å². The van der Waals surface area contributed by atoms with Gasteiger partial charge in [0.1, 0.15) is 0 Å². The third-order valence-electron chi connectivity index (χ3n) is 5.49. The van der Waals surface area contributed by atoms with E-state index in [1.165, 1.54) is 0 Å². The van der Waals surface area contributed by atoms with Crippen molar-refractivity contribution in [3.63, 3.8) is 0 Å². The predicted octanol–water partition coefficient (Wildman–Crippen LogP) is 3.00. The van der Waals surface area contributed by atoms with Crippen molar-refractivity contribution in [1.29, 1.82) is 0 Å². The quantitative estimate of drug-likeness (QED) is 0.676. The summed E-state index contributed by atoms with van der Waals surface area (Å²) in [5, 5.41) is 17.1. The largest absolute Gasteiger partial charge is 0.498 e. The van der Waals surface area contributed by atoms with Crippen LogP contribution in [0.2, 0.25) is 0 Å². The molecular weight excluding hydrogens is 342 g/mol. The molecule has 0 spiro atoms. The van der Waals surface area contributed by atoms with Crippen molar-refractivity contribution in [3.05, 3.63) is 18.0 Å². The molecule has 1 aromatic heterocycles. The van der Waals surface area contributed by atoms with Crippen LogP contribution in [0.5, 0.6) is 0 Å². The molecule has 3 rings (SSSR count). The molecule has 7 heteroatoms.